The number of amides is 3. The summed E-state index contributed by atoms with van der Waals surface area (Å²) in [5, 5.41) is 10.7. The zero-order valence-electron chi connectivity index (χ0n) is 25.1. The molecule has 43 heavy (non-hydrogen) atoms. The molecule has 226 valence electrons. The Morgan fingerprint density at radius 2 is 1.63 bits per heavy atom. The van der Waals surface area contributed by atoms with Gasteiger partial charge in [-0.3, -0.25) is 14.4 Å². The van der Waals surface area contributed by atoms with Crippen LogP contribution in [0.15, 0.2) is 78.9 Å². The number of hydrogen-bond acceptors (Lipinski definition) is 6. The summed E-state index contributed by atoms with van der Waals surface area (Å²) < 4.78 is 12.5. The second-order valence-corrected chi connectivity index (χ2v) is 12.1. The lowest BCUT2D eigenvalue weighted by atomic mass is 9.74. The molecule has 1 unspecified atom stereocenters. The summed E-state index contributed by atoms with van der Waals surface area (Å²) in [6, 6.07) is 14.5. The minimum Gasteiger partial charge on any atom is -0.494 e. The Bertz CT molecular complexity index is 1460. The van der Waals surface area contributed by atoms with Gasteiger partial charge >= 0.3 is 0 Å². The maximum absolute atomic E-state index is 14.8. The molecule has 2 aromatic carbocycles. The lowest BCUT2D eigenvalue weighted by molar-refractivity contribution is -0.155. The number of benzene rings is 2. The molecule has 0 aromatic heterocycles. The molecule has 4 aliphatic rings. The third kappa shape index (κ3) is 4.48. The predicted octanol–water partition coefficient (Wildman–Crippen LogP) is 3.50. The quantitative estimate of drug-likeness (QED) is 0.500. The molecule has 0 saturated carbocycles. The van der Waals surface area contributed by atoms with Crippen LogP contribution in [0.3, 0.4) is 0 Å². The molecule has 3 amide bonds. The van der Waals surface area contributed by atoms with Crippen LogP contribution in [0.25, 0.3) is 0 Å². The van der Waals surface area contributed by atoms with Crippen molar-refractivity contribution in [2.45, 2.75) is 57.0 Å². The summed E-state index contributed by atoms with van der Waals surface area (Å²) in [7, 11) is 0. The number of carbonyl (C=O) groups excluding carboxylic acids is 3. The standard InChI is InChI=1S/C34H39N3O6/c1-5-42-25-15-13-24(14-16-25)36-20-9-17-33(4)27(30(36)39)28-31(40)37(26(21-38)23-11-7-6-8-12-23)29-32(41)35(22(2)3)19-10-18-34(28,29)43-33/h6-18,22,26-29,38H,5,19-21H2,1-4H3/t26-,27+,28+,29?,33-,34+/m1/s1. The molecule has 1 N–H and O–H groups in total. The van der Waals surface area contributed by atoms with Gasteiger partial charge in [0.2, 0.25) is 17.7 Å². The summed E-state index contributed by atoms with van der Waals surface area (Å²) >= 11 is 0. The third-order valence-electron chi connectivity index (χ3n) is 9.30. The lowest BCUT2D eigenvalue weighted by Gasteiger charge is -2.40. The minimum absolute atomic E-state index is 0.133. The van der Waals surface area contributed by atoms with E-state index in [2.05, 4.69) is 0 Å². The van der Waals surface area contributed by atoms with Gasteiger partial charge in [-0.15, -0.1) is 0 Å². The van der Waals surface area contributed by atoms with Crippen LogP contribution in [0.1, 0.15) is 39.3 Å². The van der Waals surface area contributed by atoms with E-state index in [9.17, 15) is 19.5 Å². The highest BCUT2D eigenvalue weighted by molar-refractivity contribution is 6.04. The molecule has 4 heterocycles. The van der Waals surface area contributed by atoms with Crippen molar-refractivity contribution in [2.24, 2.45) is 11.8 Å². The molecule has 6 atom stereocenters. The number of carbonyl (C=O) groups is 3. The molecule has 4 aliphatic heterocycles. The van der Waals surface area contributed by atoms with E-state index in [4.69, 9.17) is 9.47 Å². The molecule has 2 saturated heterocycles. The number of rotatable bonds is 7. The highest BCUT2D eigenvalue weighted by Crippen LogP contribution is 2.59. The first-order valence-electron chi connectivity index (χ1n) is 15.0. The van der Waals surface area contributed by atoms with Crippen molar-refractivity contribution < 1.29 is 29.0 Å². The van der Waals surface area contributed by atoms with Gasteiger partial charge in [0.25, 0.3) is 0 Å². The first-order chi connectivity index (χ1) is 20.7. The first kappa shape index (κ1) is 29.1. The normalized spacial score (nSPS) is 30.7. The fourth-order valence-corrected chi connectivity index (χ4v) is 7.43. The minimum atomic E-state index is -1.40. The van der Waals surface area contributed by atoms with Gasteiger partial charge in [0.1, 0.15) is 17.4 Å². The molecule has 9 heteroatoms. The van der Waals surface area contributed by atoms with Crippen LogP contribution in [0, 0.1) is 11.8 Å². The van der Waals surface area contributed by atoms with Crippen molar-refractivity contribution in [3.05, 3.63) is 84.5 Å². The zero-order chi connectivity index (χ0) is 30.5. The summed E-state index contributed by atoms with van der Waals surface area (Å²) in [4.78, 5) is 48.7. The summed E-state index contributed by atoms with van der Waals surface area (Å²) in [6.07, 6.45) is 7.48. The molecule has 6 rings (SSSR count). The van der Waals surface area contributed by atoms with Gasteiger partial charge in [-0.05, 0) is 57.5 Å². The van der Waals surface area contributed by atoms with E-state index in [0.717, 1.165) is 0 Å². The van der Waals surface area contributed by atoms with Crippen molar-refractivity contribution >= 4 is 23.4 Å². The van der Waals surface area contributed by atoms with E-state index >= 15 is 0 Å². The molecular weight excluding hydrogens is 546 g/mol. The van der Waals surface area contributed by atoms with Crippen LogP contribution in [0.4, 0.5) is 5.69 Å². The SMILES string of the molecule is CCOc1ccc(N2CC=C[C@@]3(C)O[C@]45C=CCN(C(C)C)C(=O)C4N([C@H](CO)c4ccccc4)C(=O)[C@@H]5[C@H]3C2=O)cc1. The Hall–Kier alpha value is -3.95. The van der Waals surface area contributed by atoms with Crippen LogP contribution < -0.4 is 9.64 Å². The number of aliphatic hydroxyl groups excluding tert-OH is 1. The van der Waals surface area contributed by atoms with Crippen molar-refractivity contribution in [3.63, 3.8) is 0 Å². The van der Waals surface area contributed by atoms with E-state index in [1.807, 2.05) is 107 Å². The molecule has 0 bridgehead atoms. The van der Waals surface area contributed by atoms with Crippen molar-refractivity contribution in [1.82, 2.24) is 9.80 Å². The number of anilines is 1. The average Bonchev–Trinajstić information content (AvgIpc) is 3.26. The molecule has 1 spiro atoms. The molecule has 0 radical (unpaired) electrons. The van der Waals surface area contributed by atoms with Crippen LogP contribution >= 0.6 is 0 Å². The topological polar surface area (TPSA) is 99.6 Å². The molecule has 2 aromatic rings. The lowest BCUT2D eigenvalue weighted by Crippen LogP contribution is -2.57. The molecule has 0 aliphatic carbocycles. The van der Waals surface area contributed by atoms with Gasteiger partial charge in [0.05, 0.1) is 36.7 Å². The second kappa shape index (κ2) is 11.0. The largest absolute Gasteiger partial charge is 0.494 e. The monoisotopic (exact) mass is 585 g/mol. The third-order valence-corrected chi connectivity index (χ3v) is 9.30. The maximum Gasteiger partial charge on any atom is 0.249 e. The van der Waals surface area contributed by atoms with Gasteiger partial charge in [-0.25, -0.2) is 0 Å². The van der Waals surface area contributed by atoms with E-state index in [1.165, 1.54) is 4.90 Å². The summed E-state index contributed by atoms with van der Waals surface area (Å²) in [5.74, 6) is -2.07. The Balaban J connectivity index is 1.48. The number of likely N-dealkylation sites (tertiary alicyclic amines) is 1. The van der Waals surface area contributed by atoms with Gasteiger partial charge < -0.3 is 29.3 Å². The molecule has 2 fully saturated rings. The number of aliphatic hydroxyl groups is 1. The maximum atomic E-state index is 14.8. The number of nitrogens with zero attached hydrogens (tertiary/aromatic N) is 3. The van der Waals surface area contributed by atoms with E-state index in [0.29, 0.717) is 36.7 Å². The number of fused-ring (bicyclic) bond motifs is 2. The zero-order valence-corrected chi connectivity index (χ0v) is 25.1. The van der Waals surface area contributed by atoms with Crippen molar-refractivity contribution in [1.29, 1.82) is 0 Å². The predicted molar refractivity (Wildman–Crippen MR) is 161 cm³/mol. The highest BCUT2D eigenvalue weighted by atomic mass is 16.5. The van der Waals surface area contributed by atoms with Gasteiger partial charge in [0, 0.05) is 24.8 Å². The fourth-order valence-electron chi connectivity index (χ4n) is 7.43. The summed E-state index contributed by atoms with van der Waals surface area (Å²) in [6.45, 7) is 8.42. The van der Waals surface area contributed by atoms with Crippen molar-refractivity contribution in [3.8, 4) is 5.75 Å². The van der Waals surface area contributed by atoms with Gasteiger partial charge in [-0.2, -0.15) is 0 Å². The van der Waals surface area contributed by atoms with Crippen LogP contribution in [-0.4, -0.2) is 82.2 Å². The smallest absolute Gasteiger partial charge is 0.249 e. The second-order valence-electron chi connectivity index (χ2n) is 12.1. The Labute approximate surface area is 252 Å². The van der Waals surface area contributed by atoms with E-state index in [-0.39, 0.29) is 30.4 Å². The Kier molecular flexibility index (Phi) is 7.42. The van der Waals surface area contributed by atoms with Crippen LogP contribution in [-0.2, 0) is 19.1 Å². The number of ether oxygens (including phenoxy) is 2. The highest BCUT2D eigenvalue weighted by Gasteiger charge is 2.75. The van der Waals surface area contributed by atoms with Crippen molar-refractivity contribution in [2.75, 3.05) is 31.2 Å². The fraction of sp³-hybridized carbons (Fsp3) is 0.441. The Morgan fingerprint density at radius 1 is 0.930 bits per heavy atom. The van der Waals surface area contributed by atoms with Gasteiger partial charge in [-0.1, -0.05) is 54.6 Å². The van der Waals surface area contributed by atoms with Crippen LogP contribution in [0.2, 0.25) is 0 Å². The molecule has 9 nitrogen and oxygen atoms in total. The van der Waals surface area contributed by atoms with Crippen LogP contribution in [0.5, 0.6) is 5.75 Å². The number of hydrogen-bond donors (Lipinski definition) is 1. The first-order valence-corrected chi connectivity index (χ1v) is 15.0. The Morgan fingerprint density at radius 3 is 2.28 bits per heavy atom. The van der Waals surface area contributed by atoms with E-state index < -0.39 is 35.1 Å². The van der Waals surface area contributed by atoms with E-state index in [1.54, 1.807) is 9.80 Å². The average molecular weight is 586 g/mol. The van der Waals surface area contributed by atoms with Gasteiger partial charge in [0.15, 0.2) is 0 Å². The molecular formula is C34H39N3O6. The summed E-state index contributed by atoms with van der Waals surface area (Å²) in [5.41, 5.74) is -1.16.